The van der Waals surface area contributed by atoms with Gasteiger partial charge >= 0.3 is 5.97 Å². The normalized spacial score (nSPS) is 10.9. The predicted molar refractivity (Wildman–Crippen MR) is 111 cm³/mol. The summed E-state index contributed by atoms with van der Waals surface area (Å²) in [6.45, 7) is 0. The van der Waals surface area contributed by atoms with Gasteiger partial charge in [0.25, 0.3) is 5.91 Å². The molecule has 0 bridgehead atoms. The zero-order valence-electron chi connectivity index (χ0n) is 15.7. The Morgan fingerprint density at radius 1 is 1.20 bits per heavy atom. The number of carboxylic acids is 1. The summed E-state index contributed by atoms with van der Waals surface area (Å²) >= 11 is 6.15. The smallest absolute Gasteiger partial charge is 0.335 e. The van der Waals surface area contributed by atoms with Crippen molar-refractivity contribution in [1.29, 1.82) is 5.26 Å². The van der Waals surface area contributed by atoms with Crippen LogP contribution in [0.1, 0.15) is 16.1 Å². The van der Waals surface area contributed by atoms with Crippen molar-refractivity contribution in [3.8, 4) is 23.1 Å². The third-order valence-corrected chi connectivity index (χ3v) is 4.41. The Kier molecular flexibility index (Phi) is 6.20. The lowest BCUT2D eigenvalue weighted by atomic mass is 10.1. The summed E-state index contributed by atoms with van der Waals surface area (Å²) in [5, 5.41) is 21.4. The molecule has 3 aromatic rings. The number of halogens is 1. The number of furan rings is 1. The van der Waals surface area contributed by atoms with Gasteiger partial charge in [-0.25, -0.2) is 4.79 Å². The van der Waals surface area contributed by atoms with Crippen LogP contribution in [-0.2, 0) is 4.79 Å². The molecule has 150 valence electrons. The molecule has 0 spiro atoms. The molecule has 0 aliphatic carbocycles. The van der Waals surface area contributed by atoms with Gasteiger partial charge in [0, 0.05) is 23.4 Å². The van der Waals surface area contributed by atoms with Gasteiger partial charge in [0.1, 0.15) is 28.9 Å². The van der Waals surface area contributed by atoms with Crippen molar-refractivity contribution in [2.75, 3.05) is 12.4 Å². The van der Waals surface area contributed by atoms with Crippen LogP contribution in [0.3, 0.4) is 0 Å². The van der Waals surface area contributed by atoms with Crippen LogP contribution < -0.4 is 10.1 Å². The highest BCUT2D eigenvalue weighted by Gasteiger charge is 2.14. The zero-order valence-corrected chi connectivity index (χ0v) is 16.4. The number of nitrogens with one attached hydrogen (secondary N) is 1. The van der Waals surface area contributed by atoms with Crippen molar-refractivity contribution < 1.29 is 23.8 Å². The Balaban J connectivity index is 1.85. The number of benzene rings is 2. The highest BCUT2D eigenvalue weighted by Crippen LogP contribution is 2.31. The lowest BCUT2D eigenvalue weighted by molar-refractivity contribution is -0.112. The van der Waals surface area contributed by atoms with Gasteiger partial charge in [-0.3, -0.25) is 4.79 Å². The zero-order chi connectivity index (χ0) is 21.7. The summed E-state index contributed by atoms with van der Waals surface area (Å²) in [7, 11) is 1.51. The lowest BCUT2D eigenvalue weighted by Crippen LogP contribution is -2.13. The summed E-state index contributed by atoms with van der Waals surface area (Å²) in [5.74, 6) is -0.611. The molecule has 0 radical (unpaired) electrons. The topological polar surface area (TPSA) is 113 Å². The van der Waals surface area contributed by atoms with Gasteiger partial charge in [-0.05, 0) is 42.5 Å². The second-order valence-corrected chi connectivity index (χ2v) is 6.46. The molecule has 0 aliphatic rings. The van der Waals surface area contributed by atoms with Crippen molar-refractivity contribution in [2.24, 2.45) is 0 Å². The van der Waals surface area contributed by atoms with Gasteiger partial charge in [0.05, 0.1) is 17.7 Å². The predicted octanol–water partition coefficient (Wildman–Crippen LogP) is 4.85. The molecule has 30 heavy (non-hydrogen) atoms. The van der Waals surface area contributed by atoms with Crippen molar-refractivity contribution in [3.05, 3.63) is 76.5 Å². The third-order valence-electron chi connectivity index (χ3n) is 4.08. The van der Waals surface area contributed by atoms with Gasteiger partial charge in [0.15, 0.2) is 0 Å². The minimum atomic E-state index is -1.10. The van der Waals surface area contributed by atoms with Crippen molar-refractivity contribution in [2.45, 2.75) is 0 Å². The first-order valence-electron chi connectivity index (χ1n) is 8.61. The van der Waals surface area contributed by atoms with Crippen LogP contribution in [0.2, 0.25) is 5.02 Å². The number of anilines is 1. The molecule has 2 aromatic carbocycles. The Labute approximate surface area is 176 Å². The largest absolute Gasteiger partial charge is 0.497 e. The van der Waals surface area contributed by atoms with E-state index >= 15 is 0 Å². The highest BCUT2D eigenvalue weighted by atomic mass is 35.5. The molecular weight excluding hydrogens is 408 g/mol. The fourth-order valence-corrected chi connectivity index (χ4v) is 2.82. The number of methoxy groups -OCH3 is 1. The summed E-state index contributed by atoms with van der Waals surface area (Å²) in [5.41, 5.74) is 0.732. The summed E-state index contributed by atoms with van der Waals surface area (Å²) in [6.07, 6.45) is 1.29. The average Bonchev–Trinajstić information content (AvgIpc) is 3.20. The molecule has 1 aromatic heterocycles. The Morgan fingerprint density at radius 2 is 2.00 bits per heavy atom. The maximum absolute atomic E-state index is 12.4. The minimum absolute atomic E-state index is 0.0540. The van der Waals surface area contributed by atoms with E-state index in [-0.39, 0.29) is 16.9 Å². The molecule has 0 atom stereocenters. The molecule has 2 N–H and O–H groups in total. The average molecular weight is 423 g/mol. The third kappa shape index (κ3) is 4.69. The minimum Gasteiger partial charge on any atom is -0.497 e. The van der Waals surface area contributed by atoms with E-state index in [2.05, 4.69) is 5.32 Å². The second-order valence-electron chi connectivity index (χ2n) is 6.06. The standard InChI is InChI=1S/C22H15ClN2O5/c1-29-16-4-2-3-15(11-16)25-21(26)14(12-24)9-17-6-8-20(30-17)18-10-13(22(27)28)5-7-19(18)23/h2-11H,1H3,(H,25,26)(H,27,28). The van der Waals surface area contributed by atoms with E-state index in [1.54, 1.807) is 36.4 Å². The van der Waals surface area contributed by atoms with Crippen LogP contribution in [0.4, 0.5) is 5.69 Å². The van der Waals surface area contributed by atoms with E-state index in [1.807, 2.05) is 6.07 Å². The van der Waals surface area contributed by atoms with Crippen LogP contribution in [0.15, 0.2) is 64.6 Å². The number of carbonyl (C=O) groups excluding carboxylic acids is 1. The van der Waals surface area contributed by atoms with Gasteiger partial charge in [-0.1, -0.05) is 17.7 Å². The molecule has 0 aliphatic heterocycles. The quantitative estimate of drug-likeness (QED) is 0.433. The van der Waals surface area contributed by atoms with Crippen molar-refractivity contribution in [3.63, 3.8) is 0 Å². The first-order chi connectivity index (χ1) is 14.4. The number of carboxylic acid groups (broad SMARTS) is 1. The maximum Gasteiger partial charge on any atom is 0.335 e. The van der Waals surface area contributed by atoms with E-state index in [4.69, 9.17) is 25.9 Å². The molecule has 1 amide bonds. The summed E-state index contributed by atoms with van der Waals surface area (Å²) < 4.78 is 10.8. The van der Waals surface area contributed by atoms with Gasteiger partial charge in [0.2, 0.25) is 0 Å². The van der Waals surface area contributed by atoms with E-state index in [0.717, 1.165) is 0 Å². The molecule has 7 nitrogen and oxygen atoms in total. The molecular formula is C22H15ClN2O5. The Morgan fingerprint density at radius 3 is 2.70 bits per heavy atom. The van der Waals surface area contributed by atoms with E-state index < -0.39 is 11.9 Å². The fraction of sp³-hybridized carbons (Fsp3) is 0.0455. The fourth-order valence-electron chi connectivity index (χ4n) is 2.61. The number of ether oxygens (including phenoxy) is 1. The summed E-state index contributed by atoms with van der Waals surface area (Å²) in [6, 6.07) is 15.9. The SMILES string of the molecule is COc1cccc(NC(=O)C(C#N)=Cc2ccc(-c3cc(C(=O)O)ccc3Cl)o2)c1. The number of hydrogen-bond donors (Lipinski definition) is 2. The number of nitrogens with zero attached hydrogens (tertiary/aromatic N) is 1. The number of aromatic carboxylic acids is 1. The maximum atomic E-state index is 12.4. The van der Waals surface area contributed by atoms with Crippen molar-refractivity contribution >= 4 is 35.2 Å². The van der Waals surface area contributed by atoms with Crippen LogP contribution in [-0.4, -0.2) is 24.1 Å². The molecule has 8 heteroatoms. The number of carbonyl (C=O) groups is 2. The first-order valence-corrected chi connectivity index (χ1v) is 8.99. The highest BCUT2D eigenvalue weighted by molar-refractivity contribution is 6.33. The molecule has 0 saturated carbocycles. The lowest BCUT2D eigenvalue weighted by Gasteiger charge is -2.06. The molecule has 0 unspecified atom stereocenters. The van der Waals surface area contributed by atoms with Crippen LogP contribution >= 0.6 is 11.6 Å². The monoisotopic (exact) mass is 422 g/mol. The van der Waals surface area contributed by atoms with E-state index in [0.29, 0.717) is 27.8 Å². The number of rotatable bonds is 6. The molecule has 0 fully saturated rings. The first kappa shape index (κ1) is 20.7. The van der Waals surface area contributed by atoms with E-state index in [1.165, 1.54) is 31.4 Å². The van der Waals surface area contributed by atoms with Gasteiger partial charge in [-0.15, -0.1) is 0 Å². The second kappa shape index (κ2) is 8.99. The summed E-state index contributed by atoms with van der Waals surface area (Å²) in [4.78, 5) is 23.6. The van der Waals surface area contributed by atoms with Gasteiger partial charge in [-0.2, -0.15) is 5.26 Å². The van der Waals surface area contributed by atoms with Crippen molar-refractivity contribution in [1.82, 2.24) is 0 Å². The van der Waals surface area contributed by atoms with Crippen LogP contribution in [0.5, 0.6) is 5.75 Å². The Bertz CT molecular complexity index is 1190. The molecule has 1 heterocycles. The van der Waals surface area contributed by atoms with Crippen LogP contribution in [0.25, 0.3) is 17.4 Å². The van der Waals surface area contributed by atoms with Crippen LogP contribution in [0, 0.1) is 11.3 Å². The number of amides is 1. The Hall–Kier alpha value is -4.02. The number of hydrogen-bond acceptors (Lipinski definition) is 5. The molecule has 0 saturated heterocycles. The molecule has 3 rings (SSSR count). The van der Waals surface area contributed by atoms with E-state index in [9.17, 15) is 14.9 Å². The van der Waals surface area contributed by atoms with Gasteiger partial charge < -0.3 is 19.6 Å². The number of nitriles is 1.